The van der Waals surface area contributed by atoms with Gasteiger partial charge in [-0.25, -0.2) is 4.79 Å². The third-order valence-corrected chi connectivity index (χ3v) is 2.04. The predicted octanol–water partition coefficient (Wildman–Crippen LogP) is 2.92. The molecule has 0 aliphatic carbocycles. The van der Waals surface area contributed by atoms with E-state index in [-0.39, 0.29) is 0 Å². The summed E-state index contributed by atoms with van der Waals surface area (Å²) in [5.41, 5.74) is 0.0449. The number of carbonyl (C=O) groups excluding carboxylic acids is 1. The molecule has 0 atom stereocenters. The Bertz CT molecular complexity index is 472. The molecular weight excluding hydrogens is 232 g/mol. The lowest BCUT2D eigenvalue weighted by Crippen LogP contribution is -2.34. The lowest BCUT2D eigenvalue weighted by Gasteiger charge is -2.24. The van der Waals surface area contributed by atoms with Gasteiger partial charge in [-0.05, 0) is 32.9 Å². The van der Waals surface area contributed by atoms with Crippen LogP contribution in [0.4, 0.5) is 10.5 Å². The zero-order valence-corrected chi connectivity index (χ0v) is 10.9. The number of nitrogens with zero attached hydrogens (tertiary/aromatic N) is 2. The van der Waals surface area contributed by atoms with Crippen LogP contribution in [0.2, 0.25) is 0 Å². The van der Waals surface area contributed by atoms with Gasteiger partial charge in [0.2, 0.25) is 0 Å². The Morgan fingerprint density at radius 1 is 1.39 bits per heavy atom. The molecule has 0 saturated carbocycles. The average Bonchev–Trinajstić information content (AvgIpc) is 2.26. The summed E-state index contributed by atoms with van der Waals surface area (Å²) in [6.45, 7) is 5.40. The van der Waals surface area contributed by atoms with Crippen molar-refractivity contribution in [3.8, 4) is 12.0 Å². The molecule has 0 unspecified atom stereocenters. The number of carbonyl (C=O) groups is 1. The van der Waals surface area contributed by atoms with E-state index in [4.69, 9.17) is 14.7 Å². The quantitative estimate of drug-likeness (QED) is 0.755. The van der Waals surface area contributed by atoms with Gasteiger partial charge in [0.05, 0.1) is 5.69 Å². The van der Waals surface area contributed by atoms with Gasteiger partial charge in [-0.15, -0.1) is 5.26 Å². The second kappa shape index (κ2) is 5.41. The zero-order chi connectivity index (χ0) is 13.8. The molecule has 18 heavy (non-hydrogen) atoms. The first kappa shape index (κ1) is 13.8. The summed E-state index contributed by atoms with van der Waals surface area (Å²) in [4.78, 5) is 13.2. The van der Waals surface area contributed by atoms with E-state index in [1.807, 2.05) is 0 Å². The van der Waals surface area contributed by atoms with Crippen LogP contribution in [0, 0.1) is 11.5 Å². The van der Waals surface area contributed by atoms with Gasteiger partial charge in [0.1, 0.15) is 11.4 Å². The fraction of sp³-hybridized carbons (Fsp3) is 0.385. The number of hydrogen-bond donors (Lipinski definition) is 0. The minimum Gasteiger partial charge on any atom is -0.443 e. The van der Waals surface area contributed by atoms with Crippen LogP contribution in [-0.4, -0.2) is 18.7 Å². The molecule has 0 spiro atoms. The van der Waals surface area contributed by atoms with Gasteiger partial charge in [-0.1, -0.05) is 6.07 Å². The molecule has 5 heteroatoms. The van der Waals surface area contributed by atoms with Gasteiger partial charge in [0.25, 0.3) is 6.26 Å². The molecule has 0 radical (unpaired) electrons. The molecule has 1 aromatic rings. The molecule has 1 rings (SSSR count). The number of rotatable bonds is 2. The standard InChI is InChI=1S/C13H16N2O3/c1-13(2,3)18-12(16)15(4)10-6-5-7-11(8-10)17-9-14/h5-8H,1-4H3. The van der Waals surface area contributed by atoms with Crippen molar-refractivity contribution >= 4 is 11.8 Å². The van der Waals surface area contributed by atoms with Gasteiger partial charge in [-0.3, -0.25) is 4.90 Å². The Hall–Kier alpha value is -2.22. The van der Waals surface area contributed by atoms with E-state index in [2.05, 4.69) is 0 Å². The van der Waals surface area contributed by atoms with Crippen molar-refractivity contribution in [2.24, 2.45) is 0 Å². The van der Waals surface area contributed by atoms with E-state index in [0.29, 0.717) is 11.4 Å². The summed E-state index contributed by atoms with van der Waals surface area (Å²) in [7, 11) is 1.60. The monoisotopic (exact) mass is 248 g/mol. The van der Waals surface area contributed by atoms with Crippen LogP contribution in [0.5, 0.6) is 5.75 Å². The average molecular weight is 248 g/mol. The highest BCUT2D eigenvalue weighted by Gasteiger charge is 2.20. The molecule has 0 heterocycles. The first-order valence-corrected chi connectivity index (χ1v) is 5.46. The van der Waals surface area contributed by atoms with E-state index in [9.17, 15) is 4.79 Å². The minimum absolute atomic E-state index is 0.380. The van der Waals surface area contributed by atoms with Crippen LogP contribution in [0.15, 0.2) is 24.3 Å². The van der Waals surface area contributed by atoms with Crippen LogP contribution < -0.4 is 9.64 Å². The fourth-order valence-corrected chi connectivity index (χ4v) is 1.24. The van der Waals surface area contributed by atoms with Crippen molar-refractivity contribution in [3.63, 3.8) is 0 Å². The van der Waals surface area contributed by atoms with Crippen LogP contribution in [-0.2, 0) is 4.74 Å². The van der Waals surface area contributed by atoms with Crippen molar-refractivity contribution in [1.82, 2.24) is 0 Å². The molecule has 1 amide bonds. The van der Waals surface area contributed by atoms with E-state index in [1.165, 1.54) is 4.90 Å². The maximum atomic E-state index is 11.8. The number of benzene rings is 1. The van der Waals surface area contributed by atoms with Crippen molar-refractivity contribution < 1.29 is 14.3 Å². The predicted molar refractivity (Wildman–Crippen MR) is 67.3 cm³/mol. The molecule has 0 aliphatic rings. The normalized spacial score (nSPS) is 10.4. The molecule has 0 aromatic heterocycles. The lowest BCUT2D eigenvalue weighted by molar-refractivity contribution is 0.0589. The van der Waals surface area contributed by atoms with E-state index < -0.39 is 11.7 Å². The van der Waals surface area contributed by atoms with Gasteiger partial charge in [0, 0.05) is 13.1 Å². The van der Waals surface area contributed by atoms with Crippen molar-refractivity contribution in [3.05, 3.63) is 24.3 Å². The SMILES string of the molecule is CN(C(=O)OC(C)(C)C)c1cccc(OC#N)c1. The Balaban J connectivity index is 2.84. The highest BCUT2D eigenvalue weighted by atomic mass is 16.6. The molecule has 1 aromatic carbocycles. The molecule has 0 saturated heterocycles. The smallest absolute Gasteiger partial charge is 0.414 e. The van der Waals surface area contributed by atoms with Crippen molar-refractivity contribution in [2.45, 2.75) is 26.4 Å². The van der Waals surface area contributed by atoms with Gasteiger partial charge in [-0.2, -0.15) is 0 Å². The lowest BCUT2D eigenvalue weighted by atomic mass is 10.2. The summed E-state index contributed by atoms with van der Waals surface area (Å²) >= 11 is 0. The molecule has 5 nitrogen and oxygen atoms in total. The second-order valence-corrected chi connectivity index (χ2v) is 4.73. The molecule has 96 valence electrons. The first-order chi connectivity index (χ1) is 8.33. The number of hydrogen-bond acceptors (Lipinski definition) is 4. The van der Waals surface area contributed by atoms with Crippen LogP contribution in [0.3, 0.4) is 0 Å². The maximum Gasteiger partial charge on any atom is 0.414 e. The number of nitriles is 1. The van der Waals surface area contributed by atoms with Crippen molar-refractivity contribution in [1.29, 1.82) is 5.26 Å². The van der Waals surface area contributed by atoms with Crippen molar-refractivity contribution in [2.75, 3.05) is 11.9 Å². The summed E-state index contributed by atoms with van der Waals surface area (Å²) in [5.74, 6) is 0.380. The van der Waals surface area contributed by atoms with Gasteiger partial charge in [0.15, 0.2) is 0 Å². The zero-order valence-electron chi connectivity index (χ0n) is 10.9. The molecule has 0 N–H and O–H groups in total. The summed E-state index contributed by atoms with van der Waals surface area (Å²) in [6.07, 6.45) is 1.12. The highest BCUT2D eigenvalue weighted by Crippen LogP contribution is 2.21. The van der Waals surface area contributed by atoms with E-state index in [0.717, 1.165) is 0 Å². The Kier molecular flexibility index (Phi) is 4.16. The number of anilines is 1. The minimum atomic E-state index is -0.549. The van der Waals surface area contributed by atoms with Crippen LogP contribution in [0.25, 0.3) is 0 Å². The molecule has 0 fully saturated rings. The van der Waals surface area contributed by atoms with E-state index in [1.54, 1.807) is 58.3 Å². The molecule has 0 aliphatic heterocycles. The first-order valence-electron chi connectivity index (χ1n) is 5.46. The number of amides is 1. The molecular formula is C13H16N2O3. The fourth-order valence-electron chi connectivity index (χ4n) is 1.24. The van der Waals surface area contributed by atoms with Crippen LogP contribution >= 0.6 is 0 Å². The summed E-state index contributed by atoms with van der Waals surface area (Å²) in [6, 6.07) is 6.65. The Labute approximate surface area is 107 Å². The maximum absolute atomic E-state index is 11.8. The summed E-state index contributed by atoms with van der Waals surface area (Å²) < 4.78 is 9.94. The van der Waals surface area contributed by atoms with Crippen LogP contribution in [0.1, 0.15) is 20.8 Å². The summed E-state index contributed by atoms with van der Waals surface area (Å²) in [5, 5.41) is 8.43. The molecule has 0 bridgehead atoms. The largest absolute Gasteiger partial charge is 0.443 e. The van der Waals surface area contributed by atoms with Gasteiger partial charge >= 0.3 is 6.09 Å². The van der Waals surface area contributed by atoms with Gasteiger partial charge < -0.3 is 9.47 Å². The number of ether oxygens (including phenoxy) is 2. The Morgan fingerprint density at radius 2 is 2.06 bits per heavy atom. The second-order valence-electron chi connectivity index (χ2n) is 4.73. The van der Waals surface area contributed by atoms with E-state index >= 15 is 0 Å². The Morgan fingerprint density at radius 3 is 2.61 bits per heavy atom. The highest BCUT2D eigenvalue weighted by molar-refractivity contribution is 5.87. The topological polar surface area (TPSA) is 62.6 Å². The third-order valence-electron chi connectivity index (χ3n) is 2.04. The third kappa shape index (κ3) is 3.98.